The van der Waals surface area contributed by atoms with Crippen LogP contribution in [0.2, 0.25) is 0 Å². The minimum atomic E-state index is -0.955. The van der Waals surface area contributed by atoms with E-state index >= 15 is 0 Å². The Bertz CT molecular complexity index is 326. The fraction of sp³-hybridized carbons (Fsp3) is 0.750. The summed E-state index contributed by atoms with van der Waals surface area (Å²) in [6, 6.07) is 0. The number of carbonyl (C=O) groups is 3. The van der Waals surface area contributed by atoms with Crippen LogP contribution in [0, 0.1) is 0 Å². The number of hydrogen-bond donors (Lipinski definition) is 3. The van der Waals surface area contributed by atoms with Gasteiger partial charge in [0.15, 0.2) is 0 Å². The summed E-state index contributed by atoms with van der Waals surface area (Å²) in [4.78, 5) is 37.5. The maximum Gasteiger partial charge on any atom is 0.317 e. The second kappa shape index (κ2) is 10.5. The first kappa shape index (κ1) is 20.8. The van der Waals surface area contributed by atoms with Gasteiger partial charge in [0.05, 0.1) is 19.6 Å². The molecule has 1 rings (SSSR count). The van der Waals surface area contributed by atoms with Crippen LogP contribution >= 0.6 is 0 Å². The van der Waals surface area contributed by atoms with Gasteiger partial charge in [-0.3, -0.25) is 29.1 Å². The van der Waals surface area contributed by atoms with Crippen LogP contribution in [-0.2, 0) is 31.5 Å². The maximum absolute atomic E-state index is 10.8. The average molecular weight is 367 g/mol. The fourth-order valence-corrected chi connectivity index (χ4v) is 2.23. The Labute approximate surface area is 138 Å². The van der Waals surface area contributed by atoms with Gasteiger partial charge >= 0.3 is 17.9 Å². The Morgan fingerprint density at radius 2 is 0.773 bits per heavy atom. The molecule has 0 unspecified atom stereocenters. The molecule has 0 atom stereocenters. The molecule has 10 heteroatoms. The van der Waals surface area contributed by atoms with Gasteiger partial charge in [0.1, 0.15) is 0 Å². The van der Waals surface area contributed by atoms with Gasteiger partial charge in [0.25, 0.3) is 0 Å². The number of carboxylic acid groups (broad SMARTS) is 3. The third-order valence-corrected chi connectivity index (χ3v) is 3.27. The Morgan fingerprint density at radius 1 is 0.591 bits per heavy atom. The Balaban J connectivity index is 0.00000441. The first-order valence-corrected chi connectivity index (χ1v) is 6.69. The van der Waals surface area contributed by atoms with Gasteiger partial charge in [-0.1, -0.05) is 0 Å². The van der Waals surface area contributed by atoms with Crippen LogP contribution < -0.4 is 0 Å². The SMILES string of the molecule is O=C(O)CN1CCN(CC(=O)O)CCN(CC(=O)O)CC1.[Cu]. The molecule has 1 heterocycles. The molecule has 0 aliphatic carbocycles. The molecule has 22 heavy (non-hydrogen) atoms. The van der Waals surface area contributed by atoms with Gasteiger partial charge < -0.3 is 15.3 Å². The van der Waals surface area contributed by atoms with Crippen molar-refractivity contribution in [1.29, 1.82) is 0 Å². The predicted octanol–water partition coefficient (Wildman–Crippen LogP) is -1.84. The molecule has 0 saturated carbocycles. The second-order valence-corrected chi connectivity index (χ2v) is 5.01. The van der Waals surface area contributed by atoms with Crippen molar-refractivity contribution in [3.05, 3.63) is 0 Å². The van der Waals surface area contributed by atoms with Crippen LogP contribution in [0.5, 0.6) is 0 Å². The van der Waals surface area contributed by atoms with E-state index in [0.29, 0.717) is 39.3 Å². The van der Waals surface area contributed by atoms with Crippen LogP contribution in [0.1, 0.15) is 0 Å². The summed E-state index contributed by atoms with van der Waals surface area (Å²) in [6.45, 7) is 2.26. The van der Waals surface area contributed by atoms with Gasteiger partial charge in [-0.25, -0.2) is 0 Å². The quantitative estimate of drug-likeness (QED) is 0.465. The summed E-state index contributed by atoms with van der Waals surface area (Å²) < 4.78 is 0. The molecule has 0 bridgehead atoms. The molecule has 1 aliphatic heterocycles. The smallest absolute Gasteiger partial charge is 0.317 e. The zero-order chi connectivity index (χ0) is 15.8. The predicted molar refractivity (Wildman–Crippen MR) is 72.2 cm³/mol. The maximum atomic E-state index is 10.8. The van der Waals surface area contributed by atoms with Gasteiger partial charge in [-0.15, -0.1) is 0 Å². The van der Waals surface area contributed by atoms with Crippen molar-refractivity contribution in [2.45, 2.75) is 0 Å². The largest absolute Gasteiger partial charge is 0.480 e. The number of nitrogens with zero attached hydrogens (tertiary/aromatic N) is 3. The standard InChI is InChI=1S/C12H21N3O6.Cu/c16-10(17)7-13-1-2-14(8-11(18)19)5-6-15(4-3-13)9-12(20)21;/h1-9H2,(H,16,17)(H,18,19)(H,20,21);. The van der Waals surface area contributed by atoms with Crippen molar-refractivity contribution in [2.24, 2.45) is 0 Å². The first-order valence-electron chi connectivity index (χ1n) is 6.69. The van der Waals surface area contributed by atoms with Crippen molar-refractivity contribution in [2.75, 3.05) is 58.9 Å². The summed E-state index contributed by atoms with van der Waals surface area (Å²) in [7, 11) is 0. The molecule has 0 aromatic heterocycles. The average Bonchev–Trinajstić information content (AvgIpc) is 2.42. The van der Waals surface area contributed by atoms with Gasteiger partial charge in [-0.2, -0.15) is 0 Å². The van der Waals surface area contributed by atoms with Crippen LogP contribution in [0.4, 0.5) is 0 Å². The number of carboxylic acids is 3. The van der Waals surface area contributed by atoms with Crippen molar-refractivity contribution < 1.29 is 46.8 Å². The van der Waals surface area contributed by atoms with Crippen molar-refractivity contribution >= 4 is 17.9 Å². The van der Waals surface area contributed by atoms with Crippen LogP contribution in [-0.4, -0.2) is 107 Å². The van der Waals surface area contributed by atoms with Crippen LogP contribution in [0.25, 0.3) is 0 Å². The Hall–Kier alpha value is -1.19. The number of rotatable bonds is 6. The van der Waals surface area contributed by atoms with E-state index in [9.17, 15) is 14.4 Å². The molecule has 1 aliphatic rings. The van der Waals surface area contributed by atoms with Crippen molar-refractivity contribution in [1.82, 2.24) is 14.7 Å². The first-order chi connectivity index (χ1) is 9.86. The van der Waals surface area contributed by atoms with E-state index < -0.39 is 17.9 Å². The molecule has 3 N–H and O–H groups in total. The fourth-order valence-electron chi connectivity index (χ4n) is 2.23. The topological polar surface area (TPSA) is 122 Å². The second-order valence-electron chi connectivity index (χ2n) is 5.01. The van der Waals surface area contributed by atoms with Crippen molar-refractivity contribution in [3.8, 4) is 0 Å². The van der Waals surface area contributed by atoms with Crippen LogP contribution in [0.15, 0.2) is 0 Å². The van der Waals surface area contributed by atoms with E-state index in [2.05, 4.69) is 0 Å². The van der Waals surface area contributed by atoms with Crippen LogP contribution in [0.3, 0.4) is 0 Å². The van der Waals surface area contributed by atoms with E-state index in [-0.39, 0.29) is 36.7 Å². The number of aliphatic carboxylic acids is 3. The summed E-state index contributed by atoms with van der Waals surface area (Å²) >= 11 is 0. The van der Waals surface area contributed by atoms with Gasteiger partial charge in [0, 0.05) is 56.3 Å². The zero-order valence-corrected chi connectivity index (χ0v) is 13.0. The summed E-state index contributed by atoms with van der Waals surface area (Å²) in [5.41, 5.74) is 0. The number of hydrogen-bond acceptors (Lipinski definition) is 6. The van der Waals surface area contributed by atoms with E-state index in [1.807, 2.05) is 0 Å². The van der Waals surface area contributed by atoms with E-state index in [0.717, 1.165) is 0 Å². The molecule has 0 aromatic carbocycles. The minimum absolute atomic E-state index is 0. The zero-order valence-electron chi connectivity index (χ0n) is 12.1. The molecule has 0 spiro atoms. The summed E-state index contributed by atoms with van der Waals surface area (Å²) in [5.74, 6) is -2.86. The monoisotopic (exact) mass is 366 g/mol. The normalized spacial score (nSPS) is 18.5. The third-order valence-electron chi connectivity index (χ3n) is 3.27. The summed E-state index contributed by atoms with van der Waals surface area (Å²) in [5, 5.41) is 26.6. The summed E-state index contributed by atoms with van der Waals surface area (Å²) in [6.07, 6.45) is 0. The molecule has 1 radical (unpaired) electrons. The van der Waals surface area contributed by atoms with Gasteiger partial charge in [-0.05, 0) is 0 Å². The molecular weight excluding hydrogens is 346 g/mol. The molecule has 1 fully saturated rings. The van der Waals surface area contributed by atoms with E-state index in [1.54, 1.807) is 14.7 Å². The Morgan fingerprint density at radius 3 is 0.909 bits per heavy atom. The van der Waals surface area contributed by atoms with Crippen molar-refractivity contribution in [3.63, 3.8) is 0 Å². The third kappa shape index (κ3) is 8.96. The van der Waals surface area contributed by atoms with E-state index in [1.165, 1.54) is 0 Å². The molecular formula is C12H21CuN3O6. The molecule has 131 valence electrons. The molecule has 0 aromatic rings. The minimum Gasteiger partial charge on any atom is -0.480 e. The molecule has 0 amide bonds. The molecule has 9 nitrogen and oxygen atoms in total. The van der Waals surface area contributed by atoms with E-state index in [4.69, 9.17) is 15.3 Å². The molecule has 1 saturated heterocycles. The van der Waals surface area contributed by atoms with Gasteiger partial charge in [0.2, 0.25) is 0 Å². The Kier molecular flexibility index (Phi) is 9.95.